The third-order valence-electron chi connectivity index (χ3n) is 11.0. The molecule has 0 saturated heterocycles. The number of benzene rings is 8. The van der Waals surface area contributed by atoms with Crippen LogP contribution >= 0.6 is 0 Å². The van der Waals surface area contributed by atoms with Gasteiger partial charge in [-0.15, -0.1) is 0 Å². The Balaban J connectivity index is 1.08. The third-order valence-corrected chi connectivity index (χ3v) is 11.0. The van der Waals surface area contributed by atoms with Crippen molar-refractivity contribution in [1.29, 1.82) is 0 Å². The Bertz CT molecular complexity index is 3190. The first kappa shape index (κ1) is 32.7. The first-order chi connectivity index (χ1) is 28.2. The van der Waals surface area contributed by atoms with E-state index in [1.54, 1.807) is 0 Å². The third kappa shape index (κ3) is 5.74. The second-order valence-corrected chi connectivity index (χ2v) is 14.4. The van der Waals surface area contributed by atoms with Gasteiger partial charge in [-0.2, -0.15) is 0 Å². The van der Waals surface area contributed by atoms with E-state index in [2.05, 4.69) is 174 Å². The van der Waals surface area contributed by atoms with Crippen LogP contribution in [0.3, 0.4) is 0 Å². The normalized spacial score (nSPS) is 11.5. The van der Waals surface area contributed by atoms with Crippen molar-refractivity contribution >= 4 is 43.5 Å². The van der Waals surface area contributed by atoms with Crippen molar-refractivity contribution in [2.45, 2.75) is 0 Å². The van der Waals surface area contributed by atoms with Crippen molar-refractivity contribution in [2.24, 2.45) is 0 Å². The van der Waals surface area contributed by atoms with Gasteiger partial charge in [-0.3, -0.25) is 0 Å². The number of pyridine rings is 1. The maximum atomic E-state index is 5.24. The fourth-order valence-electron chi connectivity index (χ4n) is 8.22. The lowest BCUT2D eigenvalue weighted by molar-refractivity contribution is 1.18. The van der Waals surface area contributed by atoms with Crippen molar-refractivity contribution in [2.75, 3.05) is 0 Å². The lowest BCUT2D eigenvalue weighted by Gasteiger charge is -2.12. The van der Waals surface area contributed by atoms with Crippen LogP contribution in [0.4, 0.5) is 0 Å². The summed E-state index contributed by atoms with van der Waals surface area (Å²) in [4.78, 5) is 15.4. The second kappa shape index (κ2) is 13.6. The molecule has 8 aromatic carbocycles. The molecule has 0 saturated carbocycles. The molecule has 0 amide bonds. The van der Waals surface area contributed by atoms with Gasteiger partial charge >= 0.3 is 0 Å². The van der Waals surface area contributed by atoms with Crippen LogP contribution < -0.4 is 0 Å². The zero-order valence-electron chi connectivity index (χ0n) is 30.9. The molecule has 57 heavy (non-hydrogen) atoms. The Labute approximate surface area is 330 Å². The lowest BCUT2D eigenvalue weighted by Crippen LogP contribution is -1.96. The maximum absolute atomic E-state index is 5.24. The van der Waals surface area contributed by atoms with Crippen molar-refractivity contribution in [3.8, 4) is 62.0 Å². The molecule has 0 fully saturated rings. The van der Waals surface area contributed by atoms with Crippen molar-refractivity contribution in [3.05, 3.63) is 206 Å². The van der Waals surface area contributed by atoms with E-state index in [4.69, 9.17) is 15.0 Å². The number of nitrogens with zero attached hydrogens (tertiary/aromatic N) is 4. The van der Waals surface area contributed by atoms with Gasteiger partial charge in [-0.1, -0.05) is 158 Å². The first-order valence-electron chi connectivity index (χ1n) is 19.3. The number of aromatic nitrogens is 4. The monoisotopic (exact) mass is 726 g/mol. The summed E-state index contributed by atoms with van der Waals surface area (Å²) in [6.45, 7) is 0. The number of hydrogen-bond acceptors (Lipinski definition) is 3. The predicted molar refractivity (Wildman–Crippen MR) is 236 cm³/mol. The molecule has 0 radical (unpaired) electrons. The van der Waals surface area contributed by atoms with E-state index in [1.165, 1.54) is 16.2 Å². The quantitative estimate of drug-likeness (QED) is 0.160. The van der Waals surface area contributed by atoms with Gasteiger partial charge in [0.15, 0.2) is 5.82 Å². The molecule has 4 nitrogen and oxygen atoms in total. The van der Waals surface area contributed by atoms with Crippen LogP contribution in [0.25, 0.3) is 105 Å². The Morgan fingerprint density at radius 2 is 0.842 bits per heavy atom. The van der Waals surface area contributed by atoms with E-state index < -0.39 is 0 Å². The molecular formula is C53H34N4. The Kier molecular flexibility index (Phi) is 7.78. The molecule has 11 aromatic rings. The highest BCUT2D eigenvalue weighted by Gasteiger charge is 2.19. The SMILES string of the molecule is c1ccc(-c2cc(-c3ccccc3)nc(-c3ccc(-c4ccc5c(c4)c4cc6c(cc4n5-c4ccccc4)c(-c4ccccc4)nc4ccccc46)cc3)n2)cc1. The highest BCUT2D eigenvalue weighted by atomic mass is 15.0. The minimum atomic E-state index is 0.701. The molecule has 0 aliphatic heterocycles. The molecule has 266 valence electrons. The molecule has 3 aromatic heterocycles. The van der Waals surface area contributed by atoms with Gasteiger partial charge in [0.1, 0.15) is 0 Å². The van der Waals surface area contributed by atoms with Crippen LogP contribution in [0.1, 0.15) is 0 Å². The molecule has 0 bridgehead atoms. The minimum Gasteiger partial charge on any atom is -0.309 e. The summed E-state index contributed by atoms with van der Waals surface area (Å²) >= 11 is 0. The minimum absolute atomic E-state index is 0.701. The summed E-state index contributed by atoms with van der Waals surface area (Å²) in [7, 11) is 0. The topological polar surface area (TPSA) is 43.6 Å². The summed E-state index contributed by atoms with van der Waals surface area (Å²) in [5.74, 6) is 0.701. The largest absolute Gasteiger partial charge is 0.309 e. The van der Waals surface area contributed by atoms with E-state index in [1.807, 2.05) is 36.4 Å². The summed E-state index contributed by atoms with van der Waals surface area (Å²) in [5, 5.41) is 5.88. The van der Waals surface area contributed by atoms with Gasteiger partial charge in [0.25, 0.3) is 0 Å². The Hall–Kier alpha value is -7.69. The van der Waals surface area contributed by atoms with Gasteiger partial charge in [-0.05, 0) is 65.0 Å². The van der Waals surface area contributed by atoms with Gasteiger partial charge < -0.3 is 4.57 Å². The van der Waals surface area contributed by atoms with Crippen molar-refractivity contribution in [1.82, 2.24) is 19.5 Å². The Morgan fingerprint density at radius 3 is 1.51 bits per heavy atom. The highest BCUT2D eigenvalue weighted by molar-refractivity contribution is 6.20. The van der Waals surface area contributed by atoms with Crippen LogP contribution in [0, 0.1) is 0 Å². The predicted octanol–water partition coefficient (Wildman–Crippen LogP) is 13.6. The smallest absolute Gasteiger partial charge is 0.160 e. The molecule has 0 N–H and O–H groups in total. The van der Waals surface area contributed by atoms with Gasteiger partial charge in [0.05, 0.1) is 33.6 Å². The molecule has 11 rings (SSSR count). The number of fused-ring (bicyclic) bond motifs is 6. The van der Waals surface area contributed by atoms with E-state index in [0.717, 1.165) is 83.5 Å². The highest BCUT2D eigenvalue weighted by Crippen LogP contribution is 2.41. The summed E-state index contributed by atoms with van der Waals surface area (Å²) in [6.07, 6.45) is 0. The van der Waals surface area contributed by atoms with Crippen molar-refractivity contribution in [3.63, 3.8) is 0 Å². The van der Waals surface area contributed by atoms with Crippen LogP contribution in [0.2, 0.25) is 0 Å². The zero-order chi connectivity index (χ0) is 37.7. The first-order valence-corrected chi connectivity index (χ1v) is 19.3. The molecule has 0 aliphatic carbocycles. The number of hydrogen-bond donors (Lipinski definition) is 0. The maximum Gasteiger partial charge on any atom is 0.160 e. The second-order valence-electron chi connectivity index (χ2n) is 14.4. The number of rotatable bonds is 6. The van der Waals surface area contributed by atoms with Crippen LogP contribution in [0.5, 0.6) is 0 Å². The van der Waals surface area contributed by atoms with Crippen LogP contribution in [0.15, 0.2) is 206 Å². The standard InChI is InChI=1S/C53H34N4/c1-5-15-36(16-6-1)48-34-49(37-17-7-2-8-18-37)56-53(55-48)39-27-25-35(26-28-39)40-29-30-50-44(31-40)45-32-43-42-23-13-14-24-47(42)54-52(38-19-9-3-10-20-38)46(43)33-51(45)57(50)41-21-11-4-12-22-41/h1-34H. The summed E-state index contributed by atoms with van der Waals surface area (Å²) in [5.41, 5.74) is 13.7. The van der Waals surface area contributed by atoms with E-state index in [-0.39, 0.29) is 0 Å². The summed E-state index contributed by atoms with van der Waals surface area (Å²) < 4.78 is 2.39. The number of para-hydroxylation sites is 2. The van der Waals surface area contributed by atoms with Crippen LogP contribution in [-0.4, -0.2) is 19.5 Å². The lowest BCUT2D eigenvalue weighted by atomic mass is 9.97. The fraction of sp³-hybridized carbons (Fsp3) is 0. The molecular weight excluding hydrogens is 693 g/mol. The van der Waals surface area contributed by atoms with Gasteiger partial charge in [0.2, 0.25) is 0 Å². The zero-order valence-corrected chi connectivity index (χ0v) is 30.9. The summed E-state index contributed by atoms with van der Waals surface area (Å²) in [6, 6.07) is 72.6. The van der Waals surface area contributed by atoms with E-state index >= 15 is 0 Å². The molecule has 0 aliphatic rings. The average Bonchev–Trinajstić information content (AvgIpc) is 3.61. The van der Waals surface area contributed by atoms with Crippen molar-refractivity contribution < 1.29 is 0 Å². The van der Waals surface area contributed by atoms with E-state index in [9.17, 15) is 0 Å². The molecule has 4 heteroatoms. The van der Waals surface area contributed by atoms with Gasteiger partial charge in [-0.25, -0.2) is 15.0 Å². The van der Waals surface area contributed by atoms with Gasteiger partial charge in [0, 0.05) is 49.5 Å². The molecule has 0 unspecified atom stereocenters. The van der Waals surface area contributed by atoms with Crippen LogP contribution in [-0.2, 0) is 0 Å². The fourth-order valence-corrected chi connectivity index (χ4v) is 8.22. The molecule has 0 atom stereocenters. The Morgan fingerprint density at radius 1 is 0.298 bits per heavy atom. The molecule has 0 spiro atoms. The average molecular weight is 727 g/mol. The van der Waals surface area contributed by atoms with E-state index in [0.29, 0.717) is 5.82 Å². The molecule has 3 heterocycles.